The Labute approximate surface area is 128 Å². The highest BCUT2D eigenvalue weighted by molar-refractivity contribution is 6.52. The Kier molecular flexibility index (Phi) is 3.59. The largest absolute Gasteiger partial charge is 0.304 e. The third-order valence-corrected chi connectivity index (χ3v) is 3.79. The summed E-state index contributed by atoms with van der Waals surface area (Å²) < 4.78 is 0. The van der Waals surface area contributed by atoms with Crippen molar-refractivity contribution in [1.29, 1.82) is 0 Å². The van der Waals surface area contributed by atoms with E-state index in [1.54, 1.807) is 36.4 Å². The lowest BCUT2D eigenvalue weighted by Gasteiger charge is -2.16. The average Bonchev–Trinajstić information content (AvgIpc) is 2.77. The lowest BCUT2D eigenvalue weighted by molar-refractivity contribution is -0.114. The smallest absolute Gasteiger partial charge is 0.299 e. The van der Waals surface area contributed by atoms with Crippen LogP contribution < -0.4 is 4.90 Å². The van der Waals surface area contributed by atoms with Crippen molar-refractivity contribution in [2.75, 3.05) is 11.4 Å². The lowest BCUT2D eigenvalue weighted by atomic mass is 10.1. The molecule has 0 saturated heterocycles. The summed E-state index contributed by atoms with van der Waals surface area (Å²) in [6, 6.07) is 14.3. The molecule has 4 nitrogen and oxygen atoms in total. The molecule has 0 aliphatic carbocycles. The number of anilines is 1. The van der Waals surface area contributed by atoms with E-state index in [0.717, 1.165) is 5.56 Å². The first-order chi connectivity index (χ1) is 10.6. The Hall–Kier alpha value is -2.75. The van der Waals surface area contributed by atoms with E-state index in [-0.39, 0.29) is 18.7 Å². The van der Waals surface area contributed by atoms with Crippen molar-refractivity contribution in [3.63, 3.8) is 0 Å². The maximum atomic E-state index is 12.1. The first-order valence-electron chi connectivity index (χ1n) is 7.13. The first kappa shape index (κ1) is 14.2. The molecule has 0 spiro atoms. The normalized spacial score (nSPS) is 13.4. The minimum absolute atomic E-state index is 0.0404. The zero-order valence-corrected chi connectivity index (χ0v) is 12.2. The molecule has 0 radical (unpaired) electrons. The fourth-order valence-corrected chi connectivity index (χ4v) is 2.62. The first-order valence-corrected chi connectivity index (χ1v) is 7.13. The third-order valence-electron chi connectivity index (χ3n) is 3.79. The van der Waals surface area contributed by atoms with Gasteiger partial charge in [-0.2, -0.15) is 0 Å². The van der Waals surface area contributed by atoms with Gasteiger partial charge in [0.1, 0.15) is 0 Å². The Balaban J connectivity index is 1.78. The van der Waals surface area contributed by atoms with E-state index >= 15 is 0 Å². The SMILES string of the molecule is Cc1ccc2c(c1)C(=O)C(=O)N2CCC(=O)c1ccccc1. The fraction of sp³-hybridized carbons (Fsp3) is 0.167. The van der Waals surface area contributed by atoms with Gasteiger partial charge < -0.3 is 4.90 Å². The highest BCUT2D eigenvalue weighted by atomic mass is 16.2. The monoisotopic (exact) mass is 293 g/mol. The van der Waals surface area contributed by atoms with Gasteiger partial charge in [-0.05, 0) is 19.1 Å². The second-order valence-electron chi connectivity index (χ2n) is 5.35. The minimum atomic E-state index is -0.554. The number of aryl methyl sites for hydroxylation is 1. The summed E-state index contributed by atoms with van der Waals surface area (Å²) in [6.07, 6.45) is 0.191. The third kappa shape index (κ3) is 2.44. The summed E-state index contributed by atoms with van der Waals surface area (Å²) >= 11 is 0. The number of carbonyl (C=O) groups excluding carboxylic acids is 3. The van der Waals surface area contributed by atoms with Crippen LogP contribution >= 0.6 is 0 Å². The van der Waals surface area contributed by atoms with Crippen molar-refractivity contribution in [3.05, 3.63) is 65.2 Å². The second kappa shape index (κ2) is 5.56. The van der Waals surface area contributed by atoms with Gasteiger partial charge in [-0.3, -0.25) is 14.4 Å². The van der Waals surface area contributed by atoms with Crippen LogP contribution in [0.1, 0.15) is 32.7 Å². The van der Waals surface area contributed by atoms with E-state index in [9.17, 15) is 14.4 Å². The van der Waals surface area contributed by atoms with Gasteiger partial charge in [0.25, 0.3) is 11.7 Å². The summed E-state index contributed by atoms with van der Waals surface area (Å²) in [4.78, 5) is 37.6. The Morgan fingerprint density at radius 3 is 2.50 bits per heavy atom. The molecular weight excluding hydrogens is 278 g/mol. The fourth-order valence-electron chi connectivity index (χ4n) is 2.62. The molecule has 3 rings (SSSR count). The van der Waals surface area contributed by atoms with Gasteiger partial charge in [0.05, 0.1) is 11.3 Å². The van der Waals surface area contributed by atoms with Crippen molar-refractivity contribution in [2.24, 2.45) is 0 Å². The summed E-state index contributed by atoms with van der Waals surface area (Å²) in [6.45, 7) is 2.09. The van der Waals surface area contributed by atoms with E-state index < -0.39 is 11.7 Å². The molecule has 0 aromatic heterocycles. The quantitative estimate of drug-likeness (QED) is 0.643. The summed E-state index contributed by atoms with van der Waals surface area (Å²) in [7, 11) is 0. The molecule has 4 heteroatoms. The zero-order chi connectivity index (χ0) is 15.7. The zero-order valence-electron chi connectivity index (χ0n) is 12.2. The van der Waals surface area contributed by atoms with Crippen LogP contribution in [0.5, 0.6) is 0 Å². The van der Waals surface area contributed by atoms with Crippen molar-refractivity contribution >= 4 is 23.2 Å². The van der Waals surface area contributed by atoms with Crippen LogP contribution in [0.3, 0.4) is 0 Å². The number of rotatable bonds is 4. The number of carbonyl (C=O) groups is 3. The van der Waals surface area contributed by atoms with Crippen molar-refractivity contribution in [1.82, 2.24) is 0 Å². The standard InChI is InChI=1S/C18H15NO3/c1-12-7-8-15-14(11-12)17(21)18(22)19(15)10-9-16(20)13-5-3-2-4-6-13/h2-8,11H,9-10H2,1H3. The Morgan fingerprint density at radius 1 is 1.05 bits per heavy atom. The highest BCUT2D eigenvalue weighted by Crippen LogP contribution is 2.29. The van der Waals surface area contributed by atoms with Crippen molar-refractivity contribution < 1.29 is 14.4 Å². The van der Waals surface area contributed by atoms with Gasteiger partial charge in [0.15, 0.2) is 5.78 Å². The van der Waals surface area contributed by atoms with Gasteiger partial charge in [0.2, 0.25) is 0 Å². The van der Waals surface area contributed by atoms with Gasteiger partial charge in [0, 0.05) is 18.5 Å². The highest BCUT2D eigenvalue weighted by Gasteiger charge is 2.35. The van der Waals surface area contributed by atoms with Gasteiger partial charge in [-0.1, -0.05) is 42.0 Å². The number of ketones is 2. The molecule has 0 saturated carbocycles. The molecule has 1 heterocycles. The van der Waals surface area contributed by atoms with E-state index in [2.05, 4.69) is 0 Å². The molecule has 1 aliphatic heterocycles. The molecular formula is C18H15NO3. The van der Waals surface area contributed by atoms with Crippen LogP contribution in [0.25, 0.3) is 0 Å². The second-order valence-corrected chi connectivity index (χ2v) is 5.35. The minimum Gasteiger partial charge on any atom is -0.304 e. The maximum absolute atomic E-state index is 12.1. The van der Waals surface area contributed by atoms with Crippen LogP contribution in [0.15, 0.2) is 48.5 Å². The molecule has 2 aromatic carbocycles. The predicted octanol–water partition coefficient (Wildman–Crippen LogP) is 2.80. The Bertz CT molecular complexity index is 765. The number of nitrogens with zero attached hydrogens (tertiary/aromatic N) is 1. The Morgan fingerprint density at radius 2 is 1.77 bits per heavy atom. The van der Waals surface area contributed by atoms with E-state index in [4.69, 9.17) is 0 Å². The molecule has 2 aromatic rings. The van der Waals surface area contributed by atoms with Crippen LogP contribution in [0.2, 0.25) is 0 Å². The van der Waals surface area contributed by atoms with Crippen LogP contribution in [-0.2, 0) is 4.79 Å². The topological polar surface area (TPSA) is 54.5 Å². The molecule has 110 valence electrons. The molecule has 0 fully saturated rings. The van der Waals surface area contributed by atoms with Crippen LogP contribution in [0.4, 0.5) is 5.69 Å². The van der Waals surface area contributed by atoms with Crippen molar-refractivity contribution in [2.45, 2.75) is 13.3 Å². The van der Waals surface area contributed by atoms with E-state index in [1.165, 1.54) is 4.90 Å². The van der Waals surface area contributed by atoms with Gasteiger partial charge in [-0.15, -0.1) is 0 Å². The summed E-state index contributed by atoms with van der Waals surface area (Å²) in [5.74, 6) is -1.09. The predicted molar refractivity (Wildman–Crippen MR) is 83.3 cm³/mol. The van der Waals surface area contributed by atoms with Gasteiger partial charge >= 0.3 is 0 Å². The van der Waals surface area contributed by atoms with Gasteiger partial charge in [-0.25, -0.2) is 0 Å². The number of Topliss-reactive ketones (excluding diaryl/α,β-unsaturated/α-hetero) is 2. The average molecular weight is 293 g/mol. The van der Waals surface area contributed by atoms with Crippen molar-refractivity contribution in [3.8, 4) is 0 Å². The number of benzene rings is 2. The number of amides is 1. The maximum Gasteiger partial charge on any atom is 0.299 e. The lowest BCUT2D eigenvalue weighted by Crippen LogP contribution is -2.31. The number of hydrogen-bond acceptors (Lipinski definition) is 3. The molecule has 1 aliphatic rings. The molecule has 0 unspecified atom stereocenters. The molecule has 1 amide bonds. The number of hydrogen-bond donors (Lipinski definition) is 0. The molecule has 0 atom stereocenters. The molecule has 0 N–H and O–H groups in total. The number of fused-ring (bicyclic) bond motifs is 1. The van der Waals surface area contributed by atoms with E-state index in [1.807, 2.05) is 19.1 Å². The molecule has 22 heavy (non-hydrogen) atoms. The van der Waals surface area contributed by atoms with E-state index in [0.29, 0.717) is 16.8 Å². The molecule has 0 bridgehead atoms. The van der Waals surface area contributed by atoms with Crippen LogP contribution in [0, 0.1) is 6.92 Å². The summed E-state index contributed by atoms with van der Waals surface area (Å²) in [5.41, 5.74) is 2.57. The summed E-state index contributed by atoms with van der Waals surface area (Å²) in [5, 5.41) is 0. The van der Waals surface area contributed by atoms with Crippen LogP contribution in [-0.4, -0.2) is 24.0 Å².